The number of ether oxygens (including phenoxy) is 1. The lowest BCUT2D eigenvalue weighted by Gasteiger charge is -2.39. The number of carbonyl (C=O) groups excluding carboxylic acids is 1. The molecule has 2 fully saturated rings. The first-order valence-electron chi connectivity index (χ1n) is 7.00. The van der Waals surface area contributed by atoms with Crippen molar-refractivity contribution in [1.29, 1.82) is 0 Å². The number of halogens is 3. The number of hydrogen-bond acceptors (Lipinski definition) is 3. The molecule has 21 heavy (non-hydrogen) atoms. The van der Waals surface area contributed by atoms with E-state index in [4.69, 9.17) is 4.74 Å². The van der Waals surface area contributed by atoms with Crippen molar-refractivity contribution in [3.63, 3.8) is 0 Å². The van der Waals surface area contributed by atoms with Crippen molar-refractivity contribution in [2.24, 2.45) is 5.92 Å². The van der Waals surface area contributed by atoms with Gasteiger partial charge in [-0.25, -0.2) is 13.2 Å². The minimum absolute atomic E-state index is 0.136. The molecule has 0 saturated carbocycles. The van der Waals surface area contributed by atoms with Gasteiger partial charge in [-0.15, -0.1) is 0 Å². The van der Waals surface area contributed by atoms with Crippen molar-refractivity contribution in [1.82, 2.24) is 5.32 Å². The number of nitrogens with one attached hydrogen (secondary N) is 1. The number of Topliss-reactive ketones (excluding diaryl/α,β-unsaturated/α-hetero) is 1. The number of fused-ring (bicyclic) bond motifs is 2. The largest absolute Gasteiger partial charge is 0.378 e. The molecule has 6 heteroatoms. The molecule has 114 valence electrons. The van der Waals surface area contributed by atoms with E-state index in [0.29, 0.717) is 26.1 Å². The number of morpholine rings is 1. The Hall–Kier alpha value is -1.40. The fraction of sp³-hybridized carbons (Fsp3) is 0.533. The van der Waals surface area contributed by atoms with Crippen LogP contribution in [0.15, 0.2) is 18.2 Å². The van der Waals surface area contributed by atoms with Gasteiger partial charge in [0.15, 0.2) is 5.78 Å². The second-order valence-electron chi connectivity index (χ2n) is 5.67. The molecule has 2 heterocycles. The molecule has 2 unspecified atom stereocenters. The van der Waals surface area contributed by atoms with E-state index in [1.165, 1.54) is 6.07 Å². The van der Waals surface area contributed by atoms with Crippen LogP contribution in [0.3, 0.4) is 0 Å². The van der Waals surface area contributed by atoms with Gasteiger partial charge in [-0.3, -0.25) is 4.79 Å². The van der Waals surface area contributed by atoms with Crippen molar-refractivity contribution < 1.29 is 22.7 Å². The molecule has 1 aromatic carbocycles. The maximum atomic E-state index is 13.6. The summed E-state index contributed by atoms with van der Waals surface area (Å²) in [7, 11) is 0. The molecule has 2 saturated heterocycles. The van der Waals surface area contributed by atoms with Crippen LogP contribution in [0.4, 0.5) is 13.2 Å². The Bertz CT molecular complexity index is 538. The van der Waals surface area contributed by atoms with Crippen LogP contribution in [0.1, 0.15) is 35.2 Å². The summed E-state index contributed by atoms with van der Waals surface area (Å²) in [5.74, 6) is -1.40. The van der Waals surface area contributed by atoms with Crippen LogP contribution in [0.25, 0.3) is 0 Å². The third kappa shape index (κ3) is 2.96. The van der Waals surface area contributed by atoms with Gasteiger partial charge in [0, 0.05) is 23.6 Å². The second-order valence-corrected chi connectivity index (χ2v) is 5.67. The van der Waals surface area contributed by atoms with E-state index in [1.54, 1.807) is 0 Å². The molecule has 2 aliphatic rings. The molecule has 0 radical (unpaired) electrons. The second kappa shape index (κ2) is 5.77. The monoisotopic (exact) mass is 299 g/mol. The first-order chi connectivity index (χ1) is 10.0. The predicted octanol–water partition coefficient (Wildman–Crippen LogP) is 2.71. The van der Waals surface area contributed by atoms with Gasteiger partial charge in [-0.1, -0.05) is 6.07 Å². The molecule has 1 N–H and O–H groups in total. The minimum atomic E-state index is -2.87. The van der Waals surface area contributed by atoms with Crippen molar-refractivity contribution in [2.45, 2.75) is 31.4 Å². The summed E-state index contributed by atoms with van der Waals surface area (Å²) < 4.78 is 44.1. The number of piperidine rings is 1. The molecule has 1 aromatic rings. The van der Waals surface area contributed by atoms with E-state index in [2.05, 4.69) is 5.32 Å². The summed E-state index contributed by atoms with van der Waals surface area (Å²) >= 11 is 0. The van der Waals surface area contributed by atoms with Crippen LogP contribution in [-0.2, 0) is 4.74 Å². The topological polar surface area (TPSA) is 38.3 Å². The van der Waals surface area contributed by atoms with E-state index < -0.39 is 17.8 Å². The van der Waals surface area contributed by atoms with Crippen molar-refractivity contribution >= 4 is 5.78 Å². The molecular formula is C15H16F3NO2. The van der Waals surface area contributed by atoms with Crippen molar-refractivity contribution in [2.75, 3.05) is 13.2 Å². The smallest absolute Gasteiger partial charge is 0.266 e. The summed E-state index contributed by atoms with van der Waals surface area (Å²) in [6.45, 7) is 1.14. The lowest BCUT2D eigenvalue weighted by atomic mass is 9.82. The first kappa shape index (κ1) is 14.5. The number of hydrogen-bond donors (Lipinski definition) is 1. The normalized spacial score (nSPS) is 28.7. The van der Waals surface area contributed by atoms with Gasteiger partial charge in [0.05, 0.1) is 18.8 Å². The lowest BCUT2D eigenvalue weighted by Crippen LogP contribution is -2.55. The quantitative estimate of drug-likeness (QED) is 0.872. The first-order valence-corrected chi connectivity index (χ1v) is 7.00. The summed E-state index contributed by atoms with van der Waals surface area (Å²) in [5, 5.41) is 3.37. The number of carbonyl (C=O) groups is 1. The molecule has 2 atom stereocenters. The SMILES string of the molecule is O=C(c1ccc(C(F)F)c(F)c1)C1CC2COCC(C1)N2. The fourth-order valence-electron chi connectivity index (χ4n) is 3.14. The summed E-state index contributed by atoms with van der Waals surface area (Å²) in [4.78, 5) is 12.4. The summed E-state index contributed by atoms with van der Waals surface area (Å²) in [6.07, 6.45) is -1.61. The van der Waals surface area contributed by atoms with Crippen LogP contribution in [0.2, 0.25) is 0 Å². The highest BCUT2D eigenvalue weighted by Crippen LogP contribution is 2.29. The van der Waals surface area contributed by atoms with E-state index >= 15 is 0 Å². The van der Waals surface area contributed by atoms with Gasteiger partial charge < -0.3 is 10.1 Å². The van der Waals surface area contributed by atoms with E-state index in [0.717, 1.165) is 12.1 Å². The molecule has 0 amide bonds. The molecule has 3 nitrogen and oxygen atoms in total. The fourth-order valence-corrected chi connectivity index (χ4v) is 3.14. The molecule has 3 rings (SSSR count). The maximum absolute atomic E-state index is 13.6. The van der Waals surface area contributed by atoms with Crippen LogP contribution in [0, 0.1) is 11.7 Å². The van der Waals surface area contributed by atoms with Crippen LogP contribution < -0.4 is 5.32 Å². The zero-order valence-electron chi connectivity index (χ0n) is 11.3. The zero-order chi connectivity index (χ0) is 15.0. The average molecular weight is 299 g/mol. The third-order valence-corrected chi connectivity index (χ3v) is 4.14. The highest BCUT2D eigenvalue weighted by molar-refractivity contribution is 5.98. The van der Waals surface area contributed by atoms with Gasteiger partial charge in [-0.2, -0.15) is 0 Å². The Labute approximate surface area is 120 Å². The Balaban J connectivity index is 1.77. The molecule has 2 bridgehead atoms. The predicted molar refractivity (Wildman–Crippen MR) is 69.9 cm³/mol. The molecule has 0 spiro atoms. The van der Waals surface area contributed by atoms with Crippen molar-refractivity contribution in [3.8, 4) is 0 Å². The minimum Gasteiger partial charge on any atom is -0.378 e. The van der Waals surface area contributed by atoms with Crippen LogP contribution in [-0.4, -0.2) is 31.1 Å². The Kier molecular flexibility index (Phi) is 3.99. The van der Waals surface area contributed by atoms with Gasteiger partial charge in [-0.05, 0) is 25.0 Å². The van der Waals surface area contributed by atoms with E-state index in [-0.39, 0.29) is 29.3 Å². The van der Waals surface area contributed by atoms with E-state index in [1.807, 2.05) is 0 Å². The molecule has 2 aliphatic heterocycles. The number of benzene rings is 1. The number of rotatable bonds is 3. The maximum Gasteiger partial charge on any atom is 0.266 e. The van der Waals surface area contributed by atoms with Crippen LogP contribution >= 0.6 is 0 Å². The van der Waals surface area contributed by atoms with Crippen molar-refractivity contribution in [3.05, 3.63) is 35.1 Å². The Morgan fingerprint density at radius 1 is 1.24 bits per heavy atom. The van der Waals surface area contributed by atoms with Gasteiger partial charge in [0.1, 0.15) is 5.82 Å². The Morgan fingerprint density at radius 3 is 2.48 bits per heavy atom. The summed E-state index contributed by atoms with van der Waals surface area (Å²) in [6, 6.07) is 3.49. The molecular weight excluding hydrogens is 283 g/mol. The molecule has 0 aromatic heterocycles. The third-order valence-electron chi connectivity index (χ3n) is 4.14. The van der Waals surface area contributed by atoms with Gasteiger partial charge in [0.2, 0.25) is 0 Å². The van der Waals surface area contributed by atoms with E-state index in [9.17, 15) is 18.0 Å². The lowest BCUT2D eigenvalue weighted by molar-refractivity contribution is 0.00951. The number of alkyl halides is 2. The van der Waals surface area contributed by atoms with Crippen LogP contribution in [0.5, 0.6) is 0 Å². The van der Waals surface area contributed by atoms with Gasteiger partial charge in [0.25, 0.3) is 6.43 Å². The summed E-state index contributed by atoms with van der Waals surface area (Å²) in [5.41, 5.74) is -0.495. The molecule has 0 aliphatic carbocycles. The highest BCUT2D eigenvalue weighted by atomic mass is 19.3. The highest BCUT2D eigenvalue weighted by Gasteiger charge is 2.35. The van der Waals surface area contributed by atoms with Gasteiger partial charge >= 0.3 is 0 Å². The standard InChI is InChI=1S/C15H16F3NO2/c16-13-5-8(1-2-12(13)15(17)18)14(20)9-3-10-6-21-7-11(4-9)19-10/h1-2,5,9-11,15,19H,3-4,6-7H2. The Morgan fingerprint density at radius 2 is 1.90 bits per heavy atom. The zero-order valence-corrected chi connectivity index (χ0v) is 11.3. The number of ketones is 1. The average Bonchev–Trinajstić information content (AvgIpc) is 2.45.